The summed E-state index contributed by atoms with van der Waals surface area (Å²) in [5.41, 5.74) is -2.02. The normalized spacial score (nSPS) is 21.4. The maximum absolute atomic E-state index is 13.2. The van der Waals surface area contributed by atoms with Gasteiger partial charge in [-0.1, -0.05) is 30.3 Å². The molecular formula is C26H29ClF6N2O2. The highest BCUT2D eigenvalue weighted by Crippen LogP contribution is 2.37. The summed E-state index contributed by atoms with van der Waals surface area (Å²) in [4.78, 5) is 14.9. The third-order valence-corrected chi connectivity index (χ3v) is 6.89. The number of halogens is 7. The average Bonchev–Trinajstić information content (AvgIpc) is 2.87. The summed E-state index contributed by atoms with van der Waals surface area (Å²) in [5, 5.41) is 3.24. The zero-order chi connectivity index (χ0) is 25.9. The van der Waals surface area contributed by atoms with E-state index in [-0.39, 0.29) is 41.8 Å². The molecule has 1 N–H and O–H groups in total. The molecule has 0 radical (unpaired) electrons. The van der Waals surface area contributed by atoms with Crippen molar-refractivity contribution in [2.75, 3.05) is 26.2 Å². The molecule has 0 unspecified atom stereocenters. The molecule has 11 heteroatoms. The predicted molar refractivity (Wildman–Crippen MR) is 128 cm³/mol. The molecule has 0 spiro atoms. The molecule has 2 aromatic carbocycles. The Morgan fingerprint density at radius 1 is 0.919 bits per heavy atom. The van der Waals surface area contributed by atoms with Gasteiger partial charge in [0, 0.05) is 24.9 Å². The molecule has 0 aliphatic carbocycles. The molecule has 1 amide bonds. The summed E-state index contributed by atoms with van der Waals surface area (Å²) in [6, 6.07) is 10.8. The van der Waals surface area contributed by atoms with E-state index < -0.39 is 36.2 Å². The smallest absolute Gasteiger partial charge is 0.373 e. The van der Waals surface area contributed by atoms with Gasteiger partial charge in [-0.3, -0.25) is 4.79 Å². The summed E-state index contributed by atoms with van der Waals surface area (Å²) in [5.74, 6) is -0.215. The van der Waals surface area contributed by atoms with E-state index >= 15 is 0 Å². The van der Waals surface area contributed by atoms with Crippen molar-refractivity contribution in [2.45, 2.75) is 50.2 Å². The van der Waals surface area contributed by atoms with Gasteiger partial charge in [0.15, 0.2) is 0 Å². The van der Waals surface area contributed by atoms with Crippen molar-refractivity contribution in [3.8, 4) is 0 Å². The van der Waals surface area contributed by atoms with Crippen LogP contribution in [0.1, 0.15) is 47.4 Å². The summed E-state index contributed by atoms with van der Waals surface area (Å²) < 4.78 is 85.4. The lowest BCUT2D eigenvalue weighted by molar-refractivity contribution is -0.143. The second-order valence-electron chi connectivity index (χ2n) is 9.38. The second-order valence-corrected chi connectivity index (χ2v) is 9.38. The van der Waals surface area contributed by atoms with E-state index in [1.165, 1.54) is 0 Å². The minimum absolute atomic E-state index is 0. The van der Waals surface area contributed by atoms with Crippen LogP contribution in [-0.2, 0) is 28.5 Å². The number of likely N-dealkylation sites (tertiary alicyclic amines) is 1. The highest BCUT2D eigenvalue weighted by molar-refractivity contribution is 5.85. The first-order valence-corrected chi connectivity index (χ1v) is 12.0. The monoisotopic (exact) mass is 550 g/mol. The van der Waals surface area contributed by atoms with Crippen LogP contribution in [-0.4, -0.2) is 43.1 Å². The largest absolute Gasteiger partial charge is 0.416 e. The third-order valence-electron chi connectivity index (χ3n) is 6.89. The molecule has 0 saturated carbocycles. The Labute approximate surface area is 217 Å². The Kier molecular flexibility index (Phi) is 9.52. The van der Waals surface area contributed by atoms with Crippen molar-refractivity contribution in [1.29, 1.82) is 0 Å². The topological polar surface area (TPSA) is 41.6 Å². The molecule has 2 aliphatic heterocycles. The number of alkyl halides is 6. The first kappa shape index (κ1) is 29.3. The average molecular weight is 551 g/mol. The fourth-order valence-corrected chi connectivity index (χ4v) is 4.98. The van der Waals surface area contributed by atoms with Gasteiger partial charge >= 0.3 is 12.4 Å². The lowest BCUT2D eigenvalue weighted by Gasteiger charge is -2.40. The van der Waals surface area contributed by atoms with Gasteiger partial charge in [0.1, 0.15) is 0 Å². The van der Waals surface area contributed by atoms with E-state index in [0.29, 0.717) is 31.6 Å². The summed E-state index contributed by atoms with van der Waals surface area (Å²) in [7, 11) is 0. The van der Waals surface area contributed by atoms with Gasteiger partial charge in [-0.05, 0) is 61.7 Å². The molecule has 2 fully saturated rings. The Bertz CT molecular complexity index is 1010. The summed E-state index contributed by atoms with van der Waals surface area (Å²) >= 11 is 0. The van der Waals surface area contributed by atoms with Gasteiger partial charge in [0.25, 0.3) is 0 Å². The Morgan fingerprint density at radius 3 is 2.08 bits per heavy atom. The fourth-order valence-electron chi connectivity index (χ4n) is 4.98. The number of carbonyl (C=O) groups excluding carboxylic acids is 1. The maximum atomic E-state index is 13.2. The number of nitrogens with zero attached hydrogens (tertiary/aromatic N) is 1. The van der Waals surface area contributed by atoms with Gasteiger partial charge in [-0.25, -0.2) is 0 Å². The van der Waals surface area contributed by atoms with Crippen molar-refractivity contribution >= 4 is 18.3 Å². The number of hydrogen-bond acceptors (Lipinski definition) is 3. The Hall–Kier alpha value is -2.30. The number of piperidine rings is 2. The van der Waals surface area contributed by atoms with Crippen LogP contribution in [0.4, 0.5) is 26.3 Å². The number of carbonyl (C=O) groups is 1. The molecule has 2 aliphatic rings. The minimum Gasteiger partial charge on any atom is -0.373 e. The number of nitrogens with one attached hydrogen (secondary N) is 1. The SMILES string of the molecule is Cl.O=C(C1CCNCC1)N1CC[C@H](OCc2cc(C(F)(F)F)cc(C(F)(F)F)c2)[C@H](c2ccccc2)C1. The van der Waals surface area contributed by atoms with Gasteiger partial charge < -0.3 is 15.0 Å². The van der Waals surface area contributed by atoms with Crippen molar-refractivity contribution in [2.24, 2.45) is 5.92 Å². The molecule has 2 heterocycles. The van der Waals surface area contributed by atoms with Crippen LogP contribution < -0.4 is 5.32 Å². The zero-order valence-corrected chi connectivity index (χ0v) is 20.8. The zero-order valence-electron chi connectivity index (χ0n) is 19.9. The molecule has 2 atom stereocenters. The lowest BCUT2D eigenvalue weighted by atomic mass is 9.86. The van der Waals surface area contributed by atoms with E-state index in [2.05, 4.69) is 5.32 Å². The van der Waals surface area contributed by atoms with Crippen molar-refractivity contribution < 1.29 is 35.9 Å². The molecule has 4 nitrogen and oxygen atoms in total. The highest BCUT2D eigenvalue weighted by atomic mass is 35.5. The van der Waals surface area contributed by atoms with E-state index in [9.17, 15) is 31.1 Å². The van der Waals surface area contributed by atoms with Crippen LogP contribution in [0.2, 0.25) is 0 Å². The van der Waals surface area contributed by atoms with Crippen LogP contribution >= 0.6 is 12.4 Å². The third kappa shape index (κ3) is 7.39. The predicted octanol–water partition coefficient (Wildman–Crippen LogP) is 6.05. The van der Waals surface area contributed by atoms with Gasteiger partial charge in [0.2, 0.25) is 5.91 Å². The molecule has 37 heavy (non-hydrogen) atoms. The van der Waals surface area contributed by atoms with Gasteiger partial charge in [-0.15, -0.1) is 12.4 Å². The molecule has 204 valence electrons. The molecule has 0 bridgehead atoms. The van der Waals surface area contributed by atoms with Crippen molar-refractivity contribution in [3.63, 3.8) is 0 Å². The number of ether oxygens (including phenoxy) is 1. The molecular weight excluding hydrogens is 522 g/mol. The van der Waals surface area contributed by atoms with E-state index in [4.69, 9.17) is 4.74 Å². The second kappa shape index (κ2) is 12.0. The first-order chi connectivity index (χ1) is 17.0. The van der Waals surface area contributed by atoms with Crippen LogP contribution in [0.5, 0.6) is 0 Å². The molecule has 0 aromatic heterocycles. The van der Waals surface area contributed by atoms with Crippen molar-refractivity contribution in [1.82, 2.24) is 10.2 Å². The van der Waals surface area contributed by atoms with E-state index in [1.54, 1.807) is 0 Å². The fraction of sp³-hybridized carbons (Fsp3) is 0.500. The van der Waals surface area contributed by atoms with E-state index in [0.717, 1.165) is 31.5 Å². The number of rotatable bonds is 5. The summed E-state index contributed by atoms with van der Waals surface area (Å²) in [6.07, 6.45) is -8.33. The summed E-state index contributed by atoms with van der Waals surface area (Å²) in [6.45, 7) is 1.98. The van der Waals surface area contributed by atoms with Crippen LogP contribution in [0.25, 0.3) is 0 Å². The van der Waals surface area contributed by atoms with Gasteiger partial charge in [-0.2, -0.15) is 26.3 Å². The maximum Gasteiger partial charge on any atom is 0.416 e. The Balaban J connectivity index is 0.00000380. The van der Waals surface area contributed by atoms with Crippen LogP contribution in [0.3, 0.4) is 0 Å². The first-order valence-electron chi connectivity index (χ1n) is 12.0. The number of benzene rings is 2. The molecule has 2 saturated heterocycles. The lowest BCUT2D eigenvalue weighted by Crippen LogP contribution is -2.49. The van der Waals surface area contributed by atoms with Gasteiger partial charge in [0.05, 0.1) is 23.8 Å². The van der Waals surface area contributed by atoms with Crippen molar-refractivity contribution in [3.05, 3.63) is 70.8 Å². The minimum atomic E-state index is -4.91. The Morgan fingerprint density at radius 2 is 1.51 bits per heavy atom. The number of hydrogen-bond donors (Lipinski definition) is 1. The standard InChI is InChI=1S/C26H28F6N2O2.ClH/c27-25(28,29)20-12-17(13-21(14-20)26(30,31)32)16-36-23-8-11-34(24(35)19-6-9-33-10-7-19)15-22(23)18-4-2-1-3-5-18;/h1-5,12-14,19,22-23,33H,6-11,15-16H2;1H/t22-,23-;/m0./s1. The molecule has 2 aromatic rings. The highest BCUT2D eigenvalue weighted by Gasteiger charge is 2.38. The number of amides is 1. The van der Waals surface area contributed by atoms with Crippen LogP contribution in [0.15, 0.2) is 48.5 Å². The quantitative estimate of drug-likeness (QED) is 0.461. The molecule has 4 rings (SSSR count). The van der Waals surface area contributed by atoms with Crippen LogP contribution in [0, 0.1) is 5.92 Å². The van der Waals surface area contributed by atoms with E-state index in [1.807, 2.05) is 35.2 Å².